The van der Waals surface area contributed by atoms with Gasteiger partial charge in [0.2, 0.25) is 0 Å². The average molecular weight is 228 g/mol. The van der Waals surface area contributed by atoms with Crippen molar-refractivity contribution in [2.75, 3.05) is 6.54 Å². The van der Waals surface area contributed by atoms with Crippen LogP contribution in [0.25, 0.3) is 0 Å². The van der Waals surface area contributed by atoms with E-state index in [2.05, 4.69) is 23.5 Å². The first-order chi connectivity index (χ1) is 8.38. The summed E-state index contributed by atoms with van der Waals surface area (Å²) in [5.41, 5.74) is 2.09. The van der Waals surface area contributed by atoms with E-state index in [4.69, 9.17) is 5.26 Å². The first-order valence-corrected chi connectivity index (χ1v) is 6.61. The van der Waals surface area contributed by atoms with Crippen molar-refractivity contribution >= 4 is 0 Å². The van der Waals surface area contributed by atoms with E-state index < -0.39 is 0 Å². The summed E-state index contributed by atoms with van der Waals surface area (Å²) >= 11 is 0. The molecule has 1 aromatic rings. The predicted molar refractivity (Wildman–Crippen MR) is 69.7 cm³/mol. The SMILES string of the molecule is N#Cc1ccc(CCC2CCCCCN2)cc1. The van der Waals surface area contributed by atoms with Crippen LogP contribution in [-0.2, 0) is 6.42 Å². The molecule has 0 bridgehead atoms. The fourth-order valence-electron chi connectivity index (χ4n) is 2.43. The molecule has 17 heavy (non-hydrogen) atoms. The molecule has 90 valence electrons. The number of aryl methyl sites for hydroxylation is 1. The Morgan fingerprint density at radius 3 is 2.76 bits per heavy atom. The molecule has 1 N–H and O–H groups in total. The summed E-state index contributed by atoms with van der Waals surface area (Å²) in [5, 5.41) is 12.4. The van der Waals surface area contributed by atoms with E-state index in [-0.39, 0.29) is 0 Å². The highest BCUT2D eigenvalue weighted by atomic mass is 14.9. The van der Waals surface area contributed by atoms with Crippen LogP contribution in [0.5, 0.6) is 0 Å². The molecule has 2 nitrogen and oxygen atoms in total. The van der Waals surface area contributed by atoms with Crippen LogP contribution in [0.4, 0.5) is 0 Å². The highest BCUT2D eigenvalue weighted by Gasteiger charge is 2.10. The summed E-state index contributed by atoms with van der Waals surface area (Å²) < 4.78 is 0. The van der Waals surface area contributed by atoms with Crippen LogP contribution in [0, 0.1) is 11.3 Å². The van der Waals surface area contributed by atoms with Gasteiger partial charge in [0.05, 0.1) is 11.6 Å². The molecule has 0 radical (unpaired) electrons. The van der Waals surface area contributed by atoms with Gasteiger partial charge in [0.15, 0.2) is 0 Å². The monoisotopic (exact) mass is 228 g/mol. The quantitative estimate of drug-likeness (QED) is 0.863. The number of nitriles is 1. The van der Waals surface area contributed by atoms with E-state index in [9.17, 15) is 0 Å². The summed E-state index contributed by atoms with van der Waals surface area (Å²) in [7, 11) is 0. The standard InChI is InChI=1S/C15H20N2/c16-12-14-7-5-13(6-8-14)9-10-15-4-2-1-3-11-17-15/h5-8,15,17H,1-4,9-11H2. The van der Waals surface area contributed by atoms with Crippen LogP contribution in [0.1, 0.15) is 43.2 Å². The van der Waals surface area contributed by atoms with Crippen LogP contribution in [0.2, 0.25) is 0 Å². The molecule has 1 saturated heterocycles. The second-order valence-corrected chi connectivity index (χ2v) is 4.85. The number of hydrogen-bond acceptors (Lipinski definition) is 2. The van der Waals surface area contributed by atoms with E-state index in [1.165, 1.54) is 44.2 Å². The highest BCUT2D eigenvalue weighted by molar-refractivity contribution is 5.31. The molecular formula is C15H20N2. The van der Waals surface area contributed by atoms with E-state index in [0.717, 1.165) is 12.0 Å². The van der Waals surface area contributed by atoms with Crippen LogP contribution >= 0.6 is 0 Å². The Bertz CT molecular complexity index is 367. The molecule has 1 aromatic carbocycles. The third-order valence-corrected chi connectivity index (χ3v) is 3.53. The predicted octanol–water partition coefficient (Wildman–Crippen LogP) is 3.02. The van der Waals surface area contributed by atoms with E-state index >= 15 is 0 Å². The summed E-state index contributed by atoms with van der Waals surface area (Å²) in [6.07, 6.45) is 7.71. The molecule has 2 heteroatoms. The van der Waals surface area contributed by atoms with Gasteiger partial charge in [-0.1, -0.05) is 25.0 Å². The lowest BCUT2D eigenvalue weighted by molar-refractivity contribution is 0.478. The Morgan fingerprint density at radius 2 is 2.00 bits per heavy atom. The third-order valence-electron chi connectivity index (χ3n) is 3.53. The third kappa shape index (κ3) is 3.87. The Kier molecular flexibility index (Phi) is 4.58. The largest absolute Gasteiger partial charge is 0.314 e. The Balaban J connectivity index is 1.82. The maximum Gasteiger partial charge on any atom is 0.0991 e. The second-order valence-electron chi connectivity index (χ2n) is 4.85. The lowest BCUT2D eigenvalue weighted by atomic mass is 10.0. The number of hydrogen-bond donors (Lipinski definition) is 1. The molecule has 0 amide bonds. The van der Waals surface area contributed by atoms with Gasteiger partial charge in [-0.25, -0.2) is 0 Å². The van der Waals surface area contributed by atoms with Gasteiger partial charge in [0.25, 0.3) is 0 Å². The minimum Gasteiger partial charge on any atom is -0.314 e. The molecule has 0 aromatic heterocycles. The van der Waals surface area contributed by atoms with Gasteiger partial charge in [0.1, 0.15) is 0 Å². The first kappa shape index (κ1) is 12.1. The molecule has 1 fully saturated rings. The van der Waals surface area contributed by atoms with E-state index in [1.807, 2.05) is 12.1 Å². The van der Waals surface area contributed by atoms with Gasteiger partial charge >= 0.3 is 0 Å². The fourth-order valence-corrected chi connectivity index (χ4v) is 2.43. The van der Waals surface area contributed by atoms with Crippen LogP contribution in [0.3, 0.4) is 0 Å². The molecule has 0 aliphatic carbocycles. The lowest BCUT2D eigenvalue weighted by Crippen LogP contribution is -2.28. The molecule has 1 aliphatic rings. The zero-order valence-corrected chi connectivity index (χ0v) is 10.3. The molecule has 0 spiro atoms. The van der Waals surface area contributed by atoms with Gasteiger partial charge in [-0.05, 0) is 49.9 Å². The smallest absolute Gasteiger partial charge is 0.0991 e. The van der Waals surface area contributed by atoms with Crippen molar-refractivity contribution in [3.05, 3.63) is 35.4 Å². The van der Waals surface area contributed by atoms with E-state index in [0.29, 0.717) is 6.04 Å². The number of benzene rings is 1. The van der Waals surface area contributed by atoms with Crippen molar-refractivity contribution in [2.45, 2.75) is 44.6 Å². The van der Waals surface area contributed by atoms with Gasteiger partial charge in [-0.2, -0.15) is 5.26 Å². The highest BCUT2D eigenvalue weighted by Crippen LogP contribution is 2.14. The number of nitrogens with one attached hydrogen (secondary N) is 1. The molecule has 1 atom stereocenters. The van der Waals surface area contributed by atoms with Crippen molar-refractivity contribution in [2.24, 2.45) is 0 Å². The molecule has 1 aliphatic heterocycles. The number of nitrogens with zero attached hydrogens (tertiary/aromatic N) is 1. The van der Waals surface area contributed by atoms with Crippen LogP contribution in [0.15, 0.2) is 24.3 Å². The second kappa shape index (κ2) is 6.42. The first-order valence-electron chi connectivity index (χ1n) is 6.61. The van der Waals surface area contributed by atoms with Crippen LogP contribution in [-0.4, -0.2) is 12.6 Å². The summed E-state index contributed by atoms with van der Waals surface area (Å²) in [6.45, 7) is 1.18. The van der Waals surface area contributed by atoms with Gasteiger partial charge in [0, 0.05) is 6.04 Å². The molecule has 1 heterocycles. The van der Waals surface area contributed by atoms with Crippen LogP contribution < -0.4 is 5.32 Å². The molecular weight excluding hydrogens is 208 g/mol. The zero-order chi connectivity index (χ0) is 11.9. The lowest BCUT2D eigenvalue weighted by Gasteiger charge is -2.15. The van der Waals surface area contributed by atoms with E-state index in [1.54, 1.807) is 0 Å². The van der Waals surface area contributed by atoms with Gasteiger partial charge in [-0.3, -0.25) is 0 Å². The van der Waals surface area contributed by atoms with Gasteiger partial charge in [-0.15, -0.1) is 0 Å². The summed E-state index contributed by atoms with van der Waals surface area (Å²) in [4.78, 5) is 0. The van der Waals surface area contributed by atoms with Gasteiger partial charge < -0.3 is 5.32 Å². The Morgan fingerprint density at radius 1 is 1.18 bits per heavy atom. The fraction of sp³-hybridized carbons (Fsp3) is 0.533. The maximum atomic E-state index is 8.73. The average Bonchev–Trinajstić information content (AvgIpc) is 2.65. The summed E-state index contributed by atoms with van der Waals surface area (Å²) in [6, 6.07) is 10.8. The Hall–Kier alpha value is -1.33. The zero-order valence-electron chi connectivity index (χ0n) is 10.3. The van der Waals surface area contributed by atoms with Crippen molar-refractivity contribution in [3.63, 3.8) is 0 Å². The maximum absolute atomic E-state index is 8.73. The molecule has 2 rings (SSSR count). The normalized spacial score (nSPS) is 20.5. The van der Waals surface area contributed by atoms with Crippen molar-refractivity contribution in [3.8, 4) is 6.07 Å². The van der Waals surface area contributed by atoms with Crippen molar-refractivity contribution in [1.29, 1.82) is 5.26 Å². The number of rotatable bonds is 3. The molecule has 1 unspecified atom stereocenters. The van der Waals surface area contributed by atoms with Crippen molar-refractivity contribution < 1.29 is 0 Å². The minimum absolute atomic E-state index is 0.688. The summed E-state index contributed by atoms with van der Waals surface area (Å²) in [5.74, 6) is 0. The minimum atomic E-state index is 0.688. The molecule has 0 saturated carbocycles. The topological polar surface area (TPSA) is 35.8 Å². The Labute approximate surface area is 104 Å². The van der Waals surface area contributed by atoms with Crippen molar-refractivity contribution in [1.82, 2.24) is 5.32 Å².